The van der Waals surface area contributed by atoms with Gasteiger partial charge in [-0.3, -0.25) is 0 Å². The molecule has 0 bridgehead atoms. The molecule has 1 aliphatic rings. The standard InChI is InChI=1S/C11H21BrO2/c1-8-3-4-11(5-9(8)2)14-7-10(13)6-12/h8-11,13H,3-7H2,1-2H3. The van der Waals surface area contributed by atoms with Crippen molar-refractivity contribution >= 4 is 15.9 Å². The lowest BCUT2D eigenvalue weighted by molar-refractivity contribution is -0.0326. The zero-order chi connectivity index (χ0) is 10.6. The highest BCUT2D eigenvalue weighted by Gasteiger charge is 2.25. The first-order valence-electron chi connectivity index (χ1n) is 5.49. The smallest absolute Gasteiger partial charge is 0.0870 e. The summed E-state index contributed by atoms with van der Waals surface area (Å²) < 4.78 is 5.67. The Labute approximate surface area is 95.2 Å². The third-order valence-corrected chi connectivity index (χ3v) is 4.00. The molecule has 2 nitrogen and oxygen atoms in total. The highest BCUT2D eigenvalue weighted by molar-refractivity contribution is 9.09. The number of alkyl halides is 1. The Bertz CT molecular complexity index is 163. The molecule has 1 rings (SSSR count). The first-order chi connectivity index (χ1) is 6.63. The molecule has 0 aliphatic heterocycles. The molecular formula is C11H21BrO2. The highest BCUT2D eigenvalue weighted by Crippen LogP contribution is 2.30. The zero-order valence-corrected chi connectivity index (χ0v) is 10.7. The van der Waals surface area contributed by atoms with Gasteiger partial charge in [0, 0.05) is 5.33 Å². The van der Waals surface area contributed by atoms with Crippen LogP contribution in [0.5, 0.6) is 0 Å². The number of ether oxygens (including phenoxy) is 1. The van der Waals surface area contributed by atoms with E-state index in [2.05, 4.69) is 29.8 Å². The zero-order valence-electron chi connectivity index (χ0n) is 9.08. The Morgan fingerprint density at radius 1 is 1.36 bits per heavy atom. The second-order valence-electron chi connectivity index (χ2n) is 4.53. The fraction of sp³-hybridized carbons (Fsp3) is 1.00. The summed E-state index contributed by atoms with van der Waals surface area (Å²) >= 11 is 3.23. The summed E-state index contributed by atoms with van der Waals surface area (Å²) in [5.74, 6) is 1.59. The summed E-state index contributed by atoms with van der Waals surface area (Å²) in [7, 11) is 0. The second kappa shape index (κ2) is 6.09. The number of rotatable bonds is 4. The maximum Gasteiger partial charge on any atom is 0.0870 e. The normalized spacial score (nSPS) is 35.6. The van der Waals surface area contributed by atoms with Crippen LogP contribution >= 0.6 is 15.9 Å². The predicted molar refractivity (Wildman–Crippen MR) is 61.7 cm³/mol. The highest BCUT2D eigenvalue weighted by atomic mass is 79.9. The number of hydrogen-bond donors (Lipinski definition) is 1. The van der Waals surface area contributed by atoms with Gasteiger partial charge in [-0.25, -0.2) is 0 Å². The summed E-state index contributed by atoms with van der Waals surface area (Å²) in [5, 5.41) is 9.94. The van der Waals surface area contributed by atoms with Crippen LogP contribution in [0.25, 0.3) is 0 Å². The molecule has 1 aliphatic carbocycles. The molecule has 0 aromatic rings. The third-order valence-electron chi connectivity index (χ3n) is 3.25. The molecule has 0 aromatic carbocycles. The summed E-state index contributed by atoms with van der Waals surface area (Å²) in [5.41, 5.74) is 0. The first-order valence-corrected chi connectivity index (χ1v) is 6.61. The molecular weight excluding hydrogens is 244 g/mol. The lowest BCUT2D eigenvalue weighted by atomic mass is 9.80. The maximum absolute atomic E-state index is 9.33. The minimum absolute atomic E-state index is 0.357. The van der Waals surface area contributed by atoms with Crippen LogP contribution in [0.2, 0.25) is 0 Å². The molecule has 1 fully saturated rings. The molecule has 4 atom stereocenters. The van der Waals surface area contributed by atoms with Gasteiger partial charge in [0.1, 0.15) is 0 Å². The largest absolute Gasteiger partial charge is 0.390 e. The summed E-state index contributed by atoms with van der Waals surface area (Å²) in [6.45, 7) is 5.08. The molecule has 0 radical (unpaired) electrons. The average Bonchev–Trinajstić information content (AvgIpc) is 2.19. The van der Waals surface area contributed by atoms with E-state index >= 15 is 0 Å². The number of halogens is 1. The fourth-order valence-corrected chi connectivity index (χ4v) is 2.13. The molecule has 0 aromatic heterocycles. The first kappa shape index (κ1) is 12.5. The summed E-state index contributed by atoms with van der Waals surface area (Å²) in [4.78, 5) is 0. The van der Waals surface area contributed by atoms with Gasteiger partial charge < -0.3 is 9.84 Å². The van der Waals surface area contributed by atoms with Crippen LogP contribution in [-0.4, -0.2) is 29.3 Å². The molecule has 0 heterocycles. The van der Waals surface area contributed by atoms with Crippen LogP contribution in [0.15, 0.2) is 0 Å². The van der Waals surface area contributed by atoms with Gasteiger partial charge in [-0.05, 0) is 31.1 Å². The van der Waals surface area contributed by atoms with Crippen molar-refractivity contribution in [3.63, 3.8) is 0 Å². The van der Waals surface area contributed by atoms with Gasteiger partial charge in [0.15, 0.2) is 0 Å². The van der Waals surface area contributed by atoms with Gasteiger partial charge >= 0.3 is 0 Å². The fourth-order valence-electron chi connectivity index (χ4n) is 1.94. The van der Waals surface area contributed by atoms with Crippen molar-refractivity contribution < 1.29 is 9.84 Å². The average molecular weight is 265 g/mol. The van der Waals surface area contributed by atoms with Crippen molar-refractivity contribution in [1.29, 1.82) is 0 Å². The number of hydrogen-bond acceptors (Lipinski definition) is 2. The van der Waals surface area contributed by atoms with Gasteiger partial charge in [-0.1, -0.05) is 29.8 Å². The van der Waals surface area contributed by atoms with Crippen molar-refractivity contribution in [3.8, 4) is 0 Å². The summed E-state index contributed by atoms with van der Waals surface area (Å²) in [6, 6.07) is 0. The van der Waals surface area contributed by atoms with E-state index in [-0.39, 0.29) is 6.10 Å². The van der Waals surface area contributed by atoms with E-state index in [0.717, 1.165) is 24.7 Å². The molecule has 3 heteroatoms. The molecule has 1 N–H and O–H groups in total. The topological polar surface area (TPSA) is 29.5 Å². The Hall–Kier alpha value is 0.400. The van der Waals surface area contributed by atoms with Gasteiger partial charge in [0.05, 0.1) is 18.8 Å². The lowest BCUT2D eigenvalue weighted by Gasteiger charge is -2.32. The van der Waals surface area contributed by atoms with Crippen LogP contribution in [0.1, 0.15) is 33.1 Å². The van der Waals surface area contributed by atoms with E-state index in [1.54, 1.807) is 0 Å². The van der Waals surface area contributed by atoms with E-state index in [1.807, 2.05) is 0 Å². The van der Waals surface area contributed by atoms with Crippen molar-refractivity contribution in [2.24, 2.45) is 11.8 Å². The van der Waals surface area contributed by atoms with Crippen LogP contribution in [0.3, 0.4) is 0 Å². The van der Waals surface area contributed by atoms with Crippen molar-refractivity contribution in [1.82, 2.24) is 0 Å². The SMILES string of the molecule is CC1CCC(OCC(O)CBr)CC1C. The molecule has 14 heavy (non-hydrogen) atoms. The Morgan fingerprint density at radius 2 is 2.07 bits per heavy atom. The molecule has 0 amide bonds. The van der Waals surface area contributed by atoms with E-state index in [9.17, 15) is 5.11 Å². The lowest BCUT2D eigenvalue weighted by Crippen LogP contribution is -2.29. The molecule has 0 spiro atoms. The minimum atomic E-state index is -0.357. The number of aliphatic hydroxyl groups is 1. The third kappa shape index (κ3) is 3.87. The summed E-state index contributed by atoms with van der Waals surface area (Å²) in [6.07, 6.45) is 3.58. The van der Waals surface area contributed by atoms with Gasteiger partial charge in [-0.2, -0.15) is 0 Å². The minimum Gasteiger partial charge on any atom is -0.390 e. The van der Waals surface area contributed by atoms with Gasteiger partial charge in [0.25, 0.3) is 0 Å². The van der Waals surface area contributed by atoms with Crippen LogP contribution in [-0.2, 0) is 4.74 Å². The van der Waals surface area contributed by atoms with Crippen molar-refractivity contribution in [3.05, 3.63) is 0 Å². The Kier molecular flexibility index (Phi) is 5.42. The quantitative estimate of drug-likeness (QED) is 0.792. The van der Waals surface area contributed by atoms with E-state index in [4.69, 9.17) is 4.74 Å². The monoisotopic (exact) mass is 264 g/mol. The molecule has 0 saturated heterocycles. The van der Waals surface area contributed by atoms with E-state index < -0.39 is 0 Å². The molecule has 4 unspecified atom stereocenters. The van der Waals surface area contributed by atoms with Crippen LogP contribution in [0, 0.1) is 11.8 Å². The van der Waals surface area contributed by atoms with E-state index in [0.29, 0.717) is 18.0 Å². The molecule has 84 valence electrons. The van der Waals surface area contributed by atoms with Crippen LogP contribution < -0.4 is 0 Å². The van der Waals surface area contributed by atoms with Crippen LogP contribution in [0.4, 0.5) is 0 Å². The predicted octanol–water partition coefficient (Wildman–Crippen LogP) is 2.58. The van der Waals surface area contributed by atoms with Crippen molar-refractivity contribution in [2.75, 3.05) is 11.9 Å². The van der Waals surface area contributed by atoms with Crippen molar-refractivity contribution in [2.45, 2.75) is 45.3 Å². The van der Waals surface area contributed by atoms with Gasteiger partial charge in [0.2, 0.25) is 0 Å². The second-order valence-corrected chi connectivity index (χ2v) is 5.18. The maximum atomic E-state index is 9.33. The molecule has 1 saturated carbocycles. The Balaban J connectivity index is 2.20. The Morgan fingerprint density at radius 3 is 2.64 bits per heavy atom. The number of aliphatic hydroxyl groups excluding tert-OH is 1. The van der Waals surface area contributed by atoms with Gasteiger partial charge in [-0.15, -0.1) is 0 Å². The van der Waals surface area contributed by atoms with E-state index in [1.165, 1.54) is 6.42 Å².